The topological polar surface area (TPSA) is 116 Å². The van der Waals surface area contributed by atoms with E-state index in [0.29, 0.717) is 0 Å². The van der Waals surface area contributed by atoms with Gasteiger partial charge in [-0.05, 0) is 13.0 Å². The predicted molar refractivity (Wildman–Crippen MR) is 73.1 cm³/mol. The van der Waals surface area contributed by atoms with Crippen LogP contribution in [-0.4, -0.2) is 32.5 Å². The molecule has 1 rings (SSSR count). The zero-order valence-corrected chi connectivity index (χ0v) is 12.0. The van der Waals surface area contributed by atoms with Crippen LogP contribution in [0.3, 0.4) is 0 Å². The van der Waals surface area contributed by atoms with Gasteiger partial charge in [-0.25, -0.2) is 13.2 Å². The lowest BCUT2D eigenvalue weighted by Gasteiger charge is -2.11. The van der Waals surface area contributed by atoms with E-state index in [1.54, 1.807) is 0 Å². The largest absolute Gasteiger partial charge is 0.465 e. The Morgan fingerprint density at radius 3 is 2.62 bits per heavy atom. The maximum Gasteiger partial charge on any atom is 0.339 e. The number of nitrogens with zero attached hydrogens (tertiary/aromatic N) is 1. The molecule has 0 aliphatic rings. The Labute approximate surface area is 121 Å². The number of esters is 1. The minimum absolute atomic E-state index is 0.431. The second kappa shape index (κ2) is 6.34. The van der Waals surface area contributed by atoms with Crippen molar-refractivity contribution >= 4 is 21.7 Å². The zero-order valence-electron chi connectivity index (χ0n) is 11.2. The molecular weight excluding hydrogens is 300 g/mol. The first-order chi connectivity index (χ1) is 9.72. The molecule has 0 radical (unpaired) electrons. The lowest BCUT2D eigenvalue weighted by Crippen LogP contribution is -2.32. The fraction of sp³-hybridized carbons (Fsp3) is 0.250. The van der Waals surface area contributed by atoms with Crippen molar-refractivity contribution in [3.05, 3.63) is 33.9 Å². The molecular formula is C12H12N2O6S. The Hall–Kier alpha value is -2.44. The van der Waals surface area contributed by atoms with Gasteiger partial charge in [0.05, 0.1) is 28.5 Å². The minimum Gasteiger partial charge on any atom is -0.465 e. The number of rotatable bonds is 5. The summed E-state index contributed by atoms with van der Waals surface area (Å²) in [6, 6.07) is 1.95. The summed E-state index contributed by atoms with van der Waals surface area (Å²) >= 11 is 0. The van der Waals surface area contributed by atoms with Crippen LogP contribution in [0.25, 0.3) is 0 Å². The maximum atomic E-state index is 12.1. The van der Waals surface area contributed by atoms with Crippen molar-refractivity contribution < 1.29 is 22.9 Å². The van der Waals surface area contributed by atoms with Crippen molar-refractivity contribution in [2.45, 2.75) is 17.9 Å². The second-order valence-electron chi connectivity index (χ2n) is 3.94. The number of ether oxygens (including phenoxy) is 1. The second-order valence-corrected chi connectivity index (χ2v) is 5.62. The fourth-order valence-corrected chi connectivity index (χ4v) is 2.81. The van der Waals surface area contributed by atoms with Crippen LogP contribution in [-0.2, 0) is 14.8 Å². The molecule has 9 heteroatoms. The van der Waals surface area contributed by atoms with Crippen LogP contribution >= 0.6 is 0 Å². The highest BCUT2D eigenvalue weighted by molar-refractivity contribution is 7.89. The third-order valence-electron chi connectivity index (χ3n) is 2.45. The van der Waals surface area contributed by atoms with E-state index in [9.17, 15) is 23.3 Å². The van der Waals surface area contributed by atoms with Gasteiger partial charge in [-0.3, -0.25) is 10.1 Å². The average Bonchev–Trinajstić information content (AvgIpc) is 2.44. The average molecular weight is 312 g/mol. The molecule has 0 bridgehead atoms. The molecule has 1 aromatic carbocycles. The lowest BCUT2D eigenvalue weighted by molar-refractivity contribution is -0.384. The number of sulfonamides is 1. The Balaban J connectivity index is 3.46. The quantitative estimate of drug-likeness (QED) is 0.370. The number of hydrogen-bond donors (Lipinski definition) is 1. The van der Waals surface area contributed by atoms with Gasteiger partial charge in [0.15, 0.2) is 0 Å². The molecule has 0 spiro atoms. The molecule has 0 saturated heterocycles. The third-order valence-corrected chi connectivity index (χ3v) is 4.05. The molecule has 112 valence electrons. The molecule has 0 fully saturated rings. The molecule has 1 N–H and O–H groups in total. The number of terminal acetylenes is 1. The maximum absolute atomic E-state index is 12.1. The van der Waals surface area contributed by atoms with Crippen LogP contribution in [0.15, 0.2) is 23.1 Å². The van der Waals surface area contributed by atoms with Crippen molar-refractivity contribution in [2.24, 2.45) is 0 Å². The van der Waals surface area contributed by atoms with Gasteiger partial charge in [0.1, 0.15) is 0 Å². The Kier molecular flexibility index (Phi) is 5.02. The Morgan fingerprint density at radius 1 is 1.52 bits per heavy atom. The highest BCUT2D eigenvalue weighted by Gasteiger charge is 2.26. The molecule has 0 heterocycles. The SMILES string of the molecule is C#CC(C)NS(=O)(=O)c1ccc([N+](=O)[O-])cc1C(=O)OC. The first-order valence-corrected chi connectivity index (χ1v) is 7.06. The summed E-state index contributed by atoms with van der Waals surface area (Å²) in [6.45, 7) is 1.43. The number of nitrogens with one attached hydrogen (secondary N) is 1. The van der Waals surface area contributed by atoms with Gasteiger partial charge in [-0.1, -0.05) is 5.92 Å². The van der Waals surface area contributed by atoms with Crippen LogP contribution in [0.1, 0.15) is 17.3 Å². The van der Waals surface area contributed by atoms with Crippen LogP contribution in [0.2, 0.25) is 0 Å². The number of non-ortho nitro benzene ring substituents is 1. The normalized spacial score (nSPS) is 12.2. The van der Waals surface area contributed by atoms with Gasteiger partial charge >= 0.3 is 5.97 Å². The zero-order chi connectivity index (χ0) is 16.2. The van der Waals surface area contributed by atoms with E-state index < -0.39 is 43.1 Å². The van der Waals surface area contributed by atoms with Crippen LogP contribution in [0, 0.1) is 22.5 Å². The first kappa shape index (κ1) is 16.6. The number of carbonyl (C=O) groups excluding carboxylic acids is 1. The van der Waals surface area contributed by atoms with E-state index in [4.69, 9.17) is 6.42 Å². The van der Waals surface area contributed by atoms with E-state index in [0.717, 1.165) is 25.3 Å². The number of nitro benzene ring substituents is 1. The lowest BCUT2D eigenvalue weighted by atomic mass is 10.2. The summed E-state index contributed by atoms with van der Waals surface area (Å²) in [6.07, 6.45) is 5.09. The Bertz CT molecular complexity index is 720. The van der Waals surface area contributed by atoms with Gasteiger partial charge in [0, 0.05) is 12.1 Å². The van der Waals surface area contributed by atoms with E-state index in [2.05, 4.69) is 15.4 Å². The smallest absolute Gasteiger partial charge is 0.339 e. The highest BCUT2D eigenvalue weighted by Crippen LogP contribution is 2.22. The predicted octanol–water partition coefficient (Wildman–Crippen LogP) is 0.681. The van der Waals surface area contributed by atoms with Crippen molar-refractivity contribution in [1.82, 2.24) is 4.72 Å². The molecule has 0 saturated carbocycles. The van der Waals surface area contributed by atoms with Gasteiger partial charge < -0.3 is 4.74 Å². The molecule has 1 aromatic rings. The number of nitro groups is 1. The molecule has 0 aromatic heterocycles. The standard InChI is InChI=1S/C12H12N2O6S/c1-4-8(2)13-21(18,19)11-6-5-9(14(16)17)7-10(11)12(15)20-3/h1,5-8,13H,2-3H3. The minimum atomic E-state index is -4.12. The van der Waals surface area contributed by atoms with Crippen molar-refractivity contribution in [3.63, 3.8) is 0 Å². The van der Waals surface area contributed by atoms with Crippen LogP contribution in [0.5, 0.6) is 0 Å². The van der Waals surface area contributed by atoms with Gasteiger partial charge in [0.2, 0.25) is 10.0 Å². The molecule has 8 nitrogen and oxygen atoms in total. The van der Waals surface area contributed by atoms with E-state index in [1.807, 2.05) is 0 Å². The number of methoxy groups -OCH3 is 1. The molecule has 0 aliphatic carbocycles. The molecule has 0 amide bonds. The summed E-state index contributed by atoms with van der Waals surface area (Å²) in [5.74, 6) is 1.16. The van der Waals surface area contributed by atoms with E-state index in [-0.39, 0.29) is 0 Å². The number of benzene rings is 1. The van der Waals surface area contributed by atoms with E-state index in [1.165, 1.54) is 6.92 Å². The number of carbonyl (C=O) groups is 1. The van der Waals surface area contributed by atoms with Crippen LogP contribution in [0.4, 0.5) is 5.69 Å². The van der Waals surface area contributed by atoms with Gasteiger partial charge in [0.25, 0.3) is 5.69 Å². The molecule has 0 aliphatic heterocycles. The summed E-state index contributed by atoms with van der Waals surface area (Å²) in [4.78, 5) is 21.2. The first-order valence-electron chi connectivity index (χ1n) is 5.58. The molecule has 1 atom stereocenters. The molecule has 1 unspecified atom stereocenters. The van der Waals surface area contributed by atoms with Crippen molar-refractivity contribution in [2.75, 3.05) is 7.11 Å². The van der Waals surface area contributed by atoms with Gasteiger partial charge in [-0.2, -0.15) is 4.72 Å². The highest BCUT2D eigenvalue weighted by atomic mass is 32.2. The van der Waals surface area contributed by atoms with Gasteiger partial charge in [-0.15, -0.1) is 6.42 Å². The summed E-state index contributed by atoms with van der Waals surface area (Å²) in [7, 11) is -3.08. The monoisotopic (exact) mass is 312 g/mol. The number of hydrogen-bond acceptors (Lipinski definition) is 6. The summed E-state index contributed by atoms with van der Waals surface area (Å²) in [5, 5.41) is 10.7. The fourth-order valence-electron chi connectivity index (χ4n) is 1.47. The van der Waals surface area contributed by atoms with Crippen molar-refractivity contribution in [1.29, 1.82) is 0 Å². The van der Waals surface area contributed by atoms with Crippen LogP contribution < -0.4 is 4.72 Å². The summed E-state index contributed by atoms with van der Waals surface area (Å²) < 4.78 is 30.9. The third kappa shape index (κ3) is 3.77. The van der Waals surface area contributed by atoms with Crippen molar-refractivity contribution in [3.8, 4) is 12.3 Å². The Morgan fingerprint density at radius 2 is 2.14 bits per heavy atom. The van der Waals surface area contributed by atoms with E-state index >= 15 is 0 Å². The summed E-state index contributed by atoms with van der Waals surface area (Å²) in [5.41, 5.74) is -0.872. The molecule has 21 heavy (non-hydrogen) atoms.